The van der Waals surface area contributed by atoms with Crippen LogP contribution in [0.2, 0.25) is 0 Å². The van der Waals surface area contributed by atoms with E-state index in [1.165, 1.54) is 16.8 Å². The Labute approximate surface area is 161 Å². The molecule has 0 amide bonds. The maximum Gasteiger partial charge on any atom is 0.118 e. The lowest BCUT2D eigenvalue weighted by Gasteiger charge is -2.33. The van der Waals surface area contributed by atoms with Crippen LogP contribution in [0.5, 0.6) is 5.75 Å². The Balaban J connectivity index is 2.03. The molecule has 0 unspecified atom stereocenters. The van der Waals surface area contributed by atoms with Gasteiger partial charge in [0.2, 0.25) is 0 Å². The first-order chi connectivity index (χ1) is 11.9. The summed E-state index contributed by atoms with van der Waals surface area (Å²) in [5.41, 5.74) is 4.91. The van der Waals surface area contributed by atoms with E-state index in [1.54, 1.807) is 6.07 Å². The third kappa shape index (κ3) is 5.50. The second-order valence-electron chi connectivity index (χ2n) is 7.21. The number of hydrogen-bond donors (Lipinski definition) is 1. The van der Waals surface area contributed by atoms with Crippen LogP contribution in [-0.2, 0) is 18.2 Å². The Morgan fingerprint density at radius 1 is 0.920 bits per heavy atom. The van der Waals surface area contributed by atoms with E-state index in [0.29, 0.717) is 17.8 Å². The van der Waals surface area contributed by atoms with Crippen LogP contribution in [0.1, 0.15) is 50.8 Å². The van der Waals surface area contributed by atoms with Gasteiger partial charge >= 0.3 is 0 Å². The van der Waals surface area contributed by atoms with E-state index in [0.717, 1.165) is 30.2 Å². The standard InChI is InChI=1S/C22H30BrNO/c1-16(2)24(17(3)4)21-10-6-8-18(14-21)7-5-9-20-13-19(15-23)11-12-22(20)25/h6,8,10-14,16-17,25H,5,7,9,15H2,1-4H3. The Hall–Kier alpha value is -1.48. The fourth-order valence-electron chi connectivity index (χ4n) is 3.47. The van der Waals surface area contributed by atoms with Crippen LogP contribution < -0.4 is 4.90 Å². The van der Waals surface area contributed by atoms with E-state index in [9.17, 15) is 5.11 Å². The molecule has 0 spiro atoms. The SMILES string of the molecule is CC(C)N(c1cccc(CCCc2cc(CBr)ccc2O)c1)C(C)C. The van der Waals surface area contributed by atoms with Crippen molar-refractivity contribution in [3.63, 3.8) is 0 Å². The van der Waals surface area contributed by atoms with E-state index in [-0.39, 0.29) is 0 Å². The van der Waals surface area contributed by atoms with Crippen LogP contribution in [0, 0.1) is 0 Å². The van der Waals surface area contributed by atoms with Crippen molar-refractivity contribution in [2.75, 3.05) is 4.90 Å². The summed E-state index contributed by atoms with van der Waals surface area (Å²) < 4.78 is 0. The predicted molar refractivity (Wildman–Crippen MR) is 112 cm³/mol. The summed E-state index contributed by atoms with van der Waals surface area (Å²) >= 11 is 3.48. The van der Waals surface area contributed by atoms with Gasteiger partial charge in [0.05, 0.1) is 0 Å². The van der Waals surface area contributed by atoms with Crippen LogP contribution in [0.25, 0.3) is 0 Å². The topological polar surface area (TPSA) is 23.5 Å². The molecule has 2 nitrogen and oxygen atoms in total. The van der Waals surface area contributed by atoms with E-state index < -0.39 is 0 Å². The molecule has 0 heterocycles. The number of alkyl halides is 1. The number of hydrogen-bond acceptors (Lipinski definition) is 2. The molecule has 0 aromatic heterocycles. The summed E-state index contributed by atoms with van der Waals surface area (Å²) in [4.78, 5) is 2.45. The first-order valence-electron chi connectivity index (χ1n) is 9.16. The minimum Gasteiger partial charge on any atom is -0.508 e. The minimum absolute atomic E-state index is 0.407. The molecule has 1 N–H and O–H groups in total. The number of phenols is 1. The molecule has 0 radical (unpaired) electrons. The van der Waals surface area contributed by atoms with Gasteiger partial charge in [0, 0.05) is 23.1 Å². The van der Waals surface area contributed by atoms with E-state index >= 15 is 0 Å². The molecule has 2 aromatic rings. The number of rotatable bonds is 8. The van der Waals surface area contributed by atoms with E-state index in [4.69, 9.17) is 0 Å². The van der Waals surface area contributed by atoms with Gasteiger partial charge in [-0.25, -0.2) is 0 Å². The molecule has 0 aliphatic rings. The molecular formula is C22H30BrNO. The average Bonchev–Trinajstić information content (AvgIpc) is 2.56. The zero-order valence-corrected chi connectivity index (χ0v) is 17.4. The van der Waals surface area contributed by atoms with Gasteiger partial charge in [-0.2, -0.15) is 0 Å². The maximum atomic E-state index is 10.0. The predicted octanol–water partition coefficient (Wildman–Crippen LogP) is 6.09. The van der Waals surface area contributed by atoms with Crippen LogP contribution in [0.3, 0.4) is 0 Å². The molecule has 3 heteroatoms. The lowest BCUT2D eigenvalue weighted by molar-refractivity contribution is 0.467. The van der Waals surface area contributed by atoms with Crippen molar-refractivity contribution in [2.24, 2.45) is 0 Å². The monoisotopic (exact) mass is 403 g/mol. The number of anilines is 1. The van der Waals surface area contributed by atoms with Gasteiger partial charge in [0.15, 0.2) is 0 Å². The second-order valence-corrected chi connectivity index (χ2v) is 7.78. The zero-order chi connectivity index (χ0) is 18.4. The van der Waals surface area contributed by atoms with Gasteiger partial charge in [-0.1, -0.05) is 40.2 Å². The highest BCUT2D eigenvalue weighted by atomic mass is 79.9. The normalized spacial score (nSPS) is 11.3. The van der Waals surface area contributed by atoms with E-state index in [2.05, 4.69) is 78.9 Å². The zero-order valence-electron chi connectivity index (χ0n) is 15.8. The Morgan fingerprint density at radius 3 is 2.28 bits per heavy atom. The molecule has 0 saturated heterocycles. The Morgan fingerprint density at radius 2 is 1.64 bits per heavy atom. The summed E-state index contributed by atoms with van der Waals surface area (Å²) in [6, 6.07) is 15.7. The molecule has 0 aliphatic carbocycles. The van der Waals surface area contributed by atoms with Crippen molar-refractivity contribution < 1.29 is 5.11 Å². The first-order valence-corrected chi connectivity index (χ1v) is 10.3. The molecule has 136 valence electrons. The molecule has 0 bridgehead atoms. The first kappa shape index (κ1) is 19.8. The quantitative estimate of drug-likeness (QED) is 0.539. The number of aromatic hydroxyl groups is 1. The molecule has 0 atom stereocenters. The van der Waals surface area contributed by atoms with E-state index in [1.807, 2.05) is 6.07 Å². The van der Waals surface area contributed by atoms with Crippen molar-refractivity contribution in [2.45, 2.75) is 64.4 Å². The van der Waals surface area contributed by atoms with Crippen molar-refractivity contribution in [1.82, 2.24) is 0 Å². The van der Waals surface area contributed by atoms with Crippen molar-refractivity contribution in [3.05, 3.63) is 59.2 Å². The van der Waals surface area contributed by atoms with Gasteiger partial charge in [-0.15, -0.1) is 0 Å². The molecular weight excluding hydrogens is 374 g/mol. The van der Waals surface area contributed by atoms with Gasteiger partial charge in [0.25, 0.3) is 0 Å². The van der Waals surface area contributed by atoms with Gasteiger partial charge in [-0.3, -0.25) is 0 Å². The fraction of sp³-hybridized carbons (Fsp3) is 0.455. The minimum atomic E-state index is 0.407. The summed E-state index contributed by atoms with van der Waals surface area (Å²) in [6.07, 6.45) is 2.96. The highest BCUT2D eigenvalue weighted by molar-refractivity contribution is 9.08. The molecule has 0 fully saturated rings. The molecule has 2 aromatic carbocycles. The molecule has 2 rings (SSSR count). The maximum absolute atomic E-state index is 10.0. The lowest BCUT2D eigenvalue weighted by Crippen LogP contribution is -2.36. The third-order valence-electron chi connectivity index (χ3n) is 4.53. The smallest absolute Gasteiger partial charge is 0.118 e. The highest BCUT2D eigenvalue weighted by Gasteiger charge is 2.14. The number of nitrogens with zero attached hydrogens (tertiary/aromatic N) is 1. The van der Waals surface area contributed by atoms with Crippen molar-refractivity contribution >= 4 is 21.6 Å². The number of halogens is 1. The fourth-order valence-corrected chi connectivity index (χ4v) is 3.82. The van der Waals surface area contributed by atoms with Crippen LogP contribution in [0.4, 0.5) is 5.69 Å². The molecule has 0 saturated carbocycles. The lowest BCUT2D eigenvalue weighted by atomic mass is 10.0. The number of aryl methyl sites for hydroxylation is 2. The van der Waals surface area contributed by atoms with Gasteiger partial charge in [-0.05, 0) is 81.8 Å². The van der Waals surface area contributed by atoms with Crippen LogP contribution in [-0.4, -0.2) is 17.2 Å². The van der Waals surface area contributed by atoms with Crippen LogP contribution >= 0.6 is 15.9 Å². The Bertz CT molecular complexity index is 673. The summed E-state index contributed by atoms with van der Waals surface area (Å²) in [5.74, 6) is 0.407. The van der Waals surface area contributed by atoms with Gasteiger partial charge in [0.1, 0.15) is 5.75 Å². The number of phenolic OH excluding ortho intramolecular Hbond substituents is 1. The largest absolute Gasteiger partial charge is 0.508 e. The summed E-state index contributed by atoms with van der Waals surface area (Å²) in [5, 5.41) is 10.9. The molecule has 0 aliphatic heterocycles. The summed E-state index contributed by atoms with van der Waals surface area (Å²) in [6.45, 7) is 8.97. The van der Waals surface area contributed by atoms with Crippen molar-refractivity contribution in [1.29, 1.82) is 0 Å². The Kier molecular flexibility index (Phi) is 7.37. The average molecular weight is 404 g/mol. The third-order valence-corrected chi connectivity index (χ3v) is 5.18. The highest BCUT2D eigenvalue weighted by Crippen LogP contribution is 2.24. The summed E-state index contributed by atoms with van der Waals surface area (Å²) in [7, 11) is 0. The number of benzene rings is 2. The second kappa shape index (κ2) is 9.28. The van der Waals surface area contributed by atoms with Crippen LogP contribution in [0.15, 0.2) is 42.5 Å². The van der Waals surface area contributed by atoms with Gasteiger partial charge < -0.3 is 10.0 Å². The molecule has 25 heavy (non-hydrogen) atoms. The van der Waals surface area contributed by atoms with Crippen molar-refractivity contribution in [3.8, 4) is 5.75 Å².